The van der Waals surface area contributed by atoms with E-state index in [9.17, 15) is 10.1 Å². The van der Waals surface area contributed by atoms with Crippen molar-refractivity contribution in [3.8, 4) is 17.2 Å². The van der Waals surface area contributed by atoms with Crippen LogP contribution in [0.15, 0.2) is 60.0 Å². The average molecular weight is 443 g/mol. The fraction of sp³-hybridized carbons (Fsp3) is 0.269. The number of hydrogen-bond donors (Lipinski definition) is 2. The molecule has 4 rings (SSSR count). The average Bonchev–Trinajstić information content (AvgIpc) is 3.29. The molecule has 2 heterocycles. The first-order valence-electron chi connectivity index (χ1n) is 10.6. The molecule has 0 aliphatic carbocycles. The number of guanidine groups is 1. The number of nitrogens with one attached hydrogen (secondary N) is 2. The maximum atomic E-state index is 13.4. The Morgan fingerprint density at radius 3 is 2.53 bits per heavy atom. The van der Waals surface area contributed by atoms with Crippen molar-refractivity contribution >= 4 is 23.2 Å². The molecule has 3 aromatic rings. The van der Waals surface area contributed by atoms with Gasteiger partial charge in [-0.05, 0) is 58.7 Å². The van der Waals surface area contributed by atoms with Crippen LogP contribution in [0.1, 0.15) is 54.2 Å². The van der Waals surface area contributed by atoms with Crippen molar-refractivity contribution in [2.75, 3.05) is 7.05 Å². The molecule has 1 amide bonds. The Kier molecular flexibility index (Phi) is 5.62. The van der Waals surface area contributed by atoms with Crippen LogP contribution >= 0.6 is 11.3 Å². The molecule has 1 aromatic heterocycles. The molecule has 2 aromatic carbocycles. The summed E-state index contributed by atoms with van der Waals surface area (Å²) in [5.41, 5.74) is 3.95. The Bertz CT molecular complexity index is 1220. The van der Waals surface area contributed by atoms with Gasteiger partial charge in [0, 0.05) is 11.9 Å². The van der Waals surface area contributed by atoms with Crippen LogP contribution in [-0.4, -0.2) is 23.8 Å². The first-order valence-corrected chi connectivity index (χ1v) is 11.5. The number of hydrogen-bond acceptors (Lipinski definition) is 4. The standard InChI is InChI=1S/C26H26N4OS/c1-16(2)18-8-10-19(11-9-18)23-24(31)30(4)25(28)29-26(23,3)22-13-21(15-32-22)20-7-5-6-17(12-20)14-27/h5-13,15-16,23H,1-4H3,(H2,28,29)/t23-,26+/m0/s1. The summed E-state index contributed by atoms with van der Waals surface area (Å²) in [4.78, 5) is 15.8. The first-order chi connectivity index (χ1) is 15.2. The first kappa shape index (κ1) is 21.8. The third kappa shape index (κ3) is 3.69. The summed E-state index contributed by atoms with van der Waals surface area (Å²) in [5, 5.41) is 22.9. The predicted octanol–water partition coefficient (Wildman–Crippen LogP) is 5.41. The van der Waals surface area contributed by atoms with Gasteiger partial charge in [-0.15, -0.1) is 11.3 Å². The van der Waals surface area contributed by atoms with Crippen LogP contribution in [0.5, 0.6) is 0 Å². The molecule has 1 fully saturated rings. The lowest BCUT2D eigenvalue weighted by atomic mass is 9.76. The fourth-order valence-corrected chi connectivity index (χ4v) is 5.30. The fourth-order valence-electron chi connectivity index (χ4n) is 4.23. The summed E-state index contributed by atoms with van der Waals surface area (Å²) in [6, 6.07) is 20.0. The van der Waals surface area contributed by atoms with Gasteiger partial charge in [-0.3, -0.25) is 15.1 Å². The highest BCUT2D eigenvalue weighted by Crippen LogP contribution is 2.44. The van der Waals surface area contributed by atoms with Crippen LogP contribution in [0, 0.1) is 16.7 Å². The molecule has 2 atom stereocenters. The summed E-state index contributed by atoms with van der Waals surface area (Å²) < 4.78 is 0. The molecule has 0 spiro atoms. The van der Waals surface area contributed by atoms with Gasteiger partial charge < -0.3 is 5.32 Å². The quantitative estimate of drug-likeness (QED) is 0.567. The number of amides is 1. The van der Waals surface area contributed by atoms with E-state index in [1.165, 1.54) is 10.5 Å². The minimum atomic E-state index is -0.768. The van der Waals surface area contributed by atoms with Gasteiger partial charge in [-0.25, -0.2) is 0 Å². The van der Waals surface area contributed by atoms with Crippen LogP contribution in [0.4, 0.5) is 0 Å². The summed E-state index contributed by atoms with van der Waals surface area (Å²) in [7, 11) is 1.64. The molecule has 1 aliphatic rings. The van der Waals surface area contributed by atoms with E-state index in [0.29, 0.717) is 11.5 Å². The van der Waals surface area contributed by atoms with E-state index in [0.717, 1.165) is 21.6 Å². The molecule has 5 nitrogen and oxygen atoms in total. The topological polar surface area (TPSA) is 80.0 Å². The van der Waals surface area contributed by atoms with E-state index >= 15 is 0 Å². The lowest BCUT2D eigenvalue weighted by Crippen LogP contribution is -2.62. The molecule has 2 N–H and O–H groups in total. The maximum absolute atomic E-state index is 13.4. The van der Waals surface area contributed by atoms with Crippen LogP contribution in [0.2, 0.25) is 0 Å². The van der Waals surface area contributed by atoms with E-state index in [1.54, 1.807) is 24.5 Å². The van der Waals surface area contributed by atoms with Gasteiger partial charge in [0.05, 0.1) is 23.1 Å². The normalized spacial score (nSPS) is 20.9. The van der Waals surface area contributed by atoms with Crippen molar-refractivity contribution in [2.45, 2.75) is 38.1 Å². The van der Waals surface area contributed by atoms with Crippen molar-refractivity contribution in [2.24, 2.45) is 0 Å². The number of carbonyl (C=O) groups excluding carboxylic acids is 1. The van der Waals surface area contributed by atoms with Crippen molar-refractivity contribution in [1.29, 1.82) is 10.7 Å². The van der Waals surface area contributed by atoms with Gasteiger partial charge in [0.15, 0.2) is 5.96 Å². The number of nitrogens with zero attached hydrogens (tertiary/aromatic N) is 2. The highest BCUT2D eigenvalue weighted by molar-refractivity contribution is 7.10. The molecule has 1 saturated heterocycles. The second-order valence-electron chi connectivity index (χ2n) is 8.72. The largest absolute Gasteiger partial charge is 0.345 e. The summed E-state index contributed by atoms with van der Waals surface area (Å²) in [6.45, 7) is 6.29. The molecule has 1 aliphatic heterocycles. The zero-order chi connectivity index (χ0) is 23.0. The van der Waals surface area contributed by atoms with E-state index < -0.39 is 11.5 Å². The van der Waals surface area contributed by atoms with Gasteiger partial charge >= 0.3 is 0 Å². The highest BCUT2D eigenvalue weighted by atomic mass is 32.1. The van der Waals surface area contributed by atoms with Crippen LogP contribution in [0.25, 0.3) is 11.1 Å². The number of rotatable bonds is 4. The Labute approximate surface area is 192 Å². The molecule has 6 heteroatoms. The second kappa shape index (κ2) is 8.25. The molecule has 162 valence electrons. The van der Waals surface area contributed by atoms with Crippen molar-refractivity contribution in [3.05, 3.63) is 81.5 Å². The van der Waals surface area contributed by atoms with Crippen LogP contribution in [-0.2, 0) is 10.3 Å². The van der Waals surface area contributed by atoms with E-state index in [-0.39, 0.29) is 11.9 Å². The van der Waals surface area contributed by atoms with Gasteiger partial charge in [-0.2, -0.15) is 5.26 Å². The lowest BCUT2D eigenvalue weighted by molar-refractivity contribution is -0.131. The van der Waals surface area contributed by atoms with Crippen LogP contribution in [0.3, 0.4) is 0 Å². The summed E-state index contributed by atoms with van der Waals surface area (Å²) in [5.74, 6) is -0.0702. The van der Waals surface area contributed by atoms with E-state index in [2.05, 4.69) is 43.4 Å². The minimum Gasteiger partial charge on any atom is -0.345 e. The maximum Gasteiger partial charge on any atom is 0.239 e. The predicted molar refractivity (Wildman–Crippen MR) is 129 cm³/mol. The van der Waals surface area contributed by atoms with Gasteiger partial charge in [0.1, 0.15) is 0 Å². The molecule has 0 bridgehead atoms. The number of carbonyl (C=O) groups is 1. The van der Waals surface area contributed by atoms with Crippen LogP contribution < -0.4 is 5.32 Å². The van der Waals surface area contributed by atoms with E-state index in [4.69, 9.17) is 5.41 Å². The minimum absolute atomic E-state index is 0.0916. The zero-order valence-electron chi connectivity index (χ0n) is 18.6. The number of likely N-dealkylation sites (N-methyl/N-ethyl adjacent to an activating group) is 1. The Morgan fingerprint density at radius 2 is 1.88 bits per heavy atom. The summed E-state index contributed by atoms with van der Waals surface area (Å²) >= 11 is 1.56. The van der Waals surface area contributed by atoms with Crippen molar-refractivity contribution in [3.63, 3.8) is 0 Å². The highest BCUT2D eigenvalue weighted by Gasteiger charge is 2.49. The van der Waals surface area contributed by atoms with Crippen molar-refractivity contribution < 1.29 is 4.79 Å². The molecule has 0 saturated carbocycles. The third-order valence-corrected chi connectivity index (χ3v) is 7.41. The number of thiophene rings is 1. The third-order valence-electron chi connectivity index (χ3n) is 6.24. The lowest BCUT2D eigenvalue weighted by Gasteiger charge is -2.45. The Balaban J connectivity index is 1.79. The zero-order valence-corrected chi connectivity index (χ0v) is 19.5. The molecular weight excluding hydrogens is 416 g/mol. The molecule has 0 unspecified atom stereocenters. The van der Waals surface area contributed by atoms with Gasteiger partial charge in [0.25, 0.3) is 0 Å². The molecular formula is C26H26N4OS. The van der Waals surface area contributed by atoms with E-state index in [1.807, 2.05) is 42.6 Å². The van der Waals surface area contributed by atoms with Gasteiger partial charge in [0.2, 0.25) is 5.91 Å². The number of nitriles is 1. The second-order valence-corrected chi connectivity index (χ2v) is 9.63. The van der Waals surface area contributed by atoms with Crippen molar-refractivity contribution in [1.82, 2.24) is 10.2 Å². The summed E-state index contributed by atoms with van der Waals surface area (Å²) in [6.07, 6.45) is 0. The molecule has 32 heavy (non-hydrogen) atoms. The Morgan fingerprint density at radius 1 is 1.16 bits per heavy atom. The smallest absolute Gasteiger partial charge is 0.239 e. The van der Waals surface area contributed by atoms with Gasteiger partial charge in [-0.1, -0.05) is 50.2 Å². The monoisotopic (exact) mass is 442 g/mol. The SMILES string of the molecule is CC(C)c1ccc([C@H]2C(=O)N(C)C(=N)N[C@]2(C)c2cc(-c3cccc(C#N)c3)cs2)cc1. The number of benzene rings is 2. The molecule has 0 radical (unpaired) electrons. The Hall–Kier alpha value is -3.43.